The molecule has 0 unspecified atom stereocenters. The first-order chi connectivity index (χ1) is 26.2. The molecule has 1 saturated heterocycles. The predicted octanol–water partition coefficient (Wildman–Crippen LogP) is 8.32. The van der Waals surface area contributed by atoms with E-state index in [1.165, 1.54) is 70.3 Å². The zero-order chi connectivity index (χ0) is 37.5. The van der Waals surface area contributed by atoms with E-state index >= 15 is 0 Å². The number of nitrogens with one attached hydrogen (secondary N) is 1. The molecule has 5 aliphatic rings. The molecule has 290 valence electrons. The fourth-order valence-electron chi connectivity index (χ4n) is 12.1. The second kappa shape index (κ2) is 15.5. The van der Waals surface area contributed by atoms with Gasteiger partial charge in [0.2, 0.25) is 5.91 Å². The molecule has 1 aliphatic heterocycles. The molecule has 7 atom stereocenters. The zero-order valence-electron chi connectivity index (χ0n) is 32.4. The number of aromatic nitrogens is 2. The number of aromatic amines is 1. The second-order valence-electron chi connectivity index (χ2n) is 17.9. The molecule has 9 heteroatoms. The molecule has 8 rings (SSSR count). The van der Waals surface area contributed by atoms with E-state index in [0.29, 0.717) is 67.0 Å². The normalized spacial score (nSPS) is 30.8. The summed E-state index contributed by atoms with van der Waals surface area (Å²) in [5.41, 5.74) is 2.03. The minimum absolute atomic E-state index is 0.0129. The standard InChI is InChI=1S/C45H59FN4O4/c1-44-21-8-7-10-31(44)15-16-34-36-17-19-40(45(36,2)22-20-37(34)44)54-27-9-3-4-13-41(51)49-23-25-50(26-24-49)43(53)35-28-30(14-18-38(35)46)29-39-32-11-5-6-12-33(32)42(52)48-47-39/h5-6,11-12,14,18,28,31,34,36-37,40H,3-4,7-10,13,15-17,19-27,29H2,1-2H3,(H,48,52)/t31-,34+,36+,37+,40+,44+,45+/m1/s1. The summed E-state index contributed by atoms with van der Waals surface area (Å²) in [6, 6.07) is 11.8. The number of halogens is 1. The number of amides is 2. The van der Waals surface area contributed by atoms with Gasteiger partial charge >= 0.3 is 0 Å². The summed E-state index contributed by atoms with van der Waals surface area (Å²) in [6.45, 7) is 7.64. The molecule has 1 aromatic heterocycles. The van der Waals surface area contributed by atoms with Crippen LogP contribution in [0.25, 0.3) is 10.8 Å². The molecule has 0 radical (unpaired) electrons. The highest BCUT2D eigenvalue weighted by atomic mass is 19.1. The first-order valence-electron chi connectivity index (χ1n) is 21.1. The molecule has 2 aromatic carbocycles. The third-order valence-electron chi connectivity index (χ3n) is 15.2. The summed E-state index contributed by atoms with van der Waals surface area (Å²) in [6.07, 6.45) is 18.0. The summed E-state index contributed by atoms with van der Waals surface area (Å²) in [5, 5.41) is 8.04. The monoisotopic (exact) mass is 738 g/mol. The Labute approximate surface area is 319 Å². The van der Waals surface area contributed by atoms with Gasteiger partial charge in [-0.3, -0.25) is 14.4 Å². The van der Waals surface area contributed by atoms with E-state index < -0.39 is 5.82 Å². The van der Waals surface area contributed by atoms with Crippen LogP contribution in [0.15, 0.2) is 47.3 Å². The number of rotatable bonds is 10. The van der Waals surface area contributed by atoms with Gasteiger partial charge in [0.1, 0.15) is 5.82 Å². The minimum Gasteiger partial charge on any atom is -0.378 e. The van der Waals surface area contributed by atoms with Crippen LogP contribution >= 0.6 is 0 Å². The zero-order valence-corrected chi connectivity index (χ0v) is 32.4. The van der Waals surface area contributed by atoms with Crippen molar-refractivity contribution in [1.82, 2.24) is 20.0 Å². The Morgan fingerprint density at radius 1 is 0.852 bits per heavy atom. The fourth-order valence-corrected chi connectivity index (χ4v) is 12.1. The van der Waals surface area contributed by atoms with Crippen LogP contribution in [0.1, 0.15) is 125 Å². The molecule has 4 aliphatic carbocycles. The number of fused-ring (bicyclic) bond motifs is 6. The Morgan fingerprint density at radius 2 is 1.63 bits per heavy atom. The van der Waals surface area contributed by atoms with E-state index in [1.54, 1.807) is 29.2 Å². The summed E-state index contributed by atoms with van der Waals surface area (Å²) in [5.74, 6) is 2.79. The number of benzene rings is 2. The van der Waals surface area contributed by atoms with Crippen molar-refractivity contribution in [2.45, 2.75) is 116 Å². The summed E-state index contributed by atoms with van der Waals surface area (Å²) >= 11 is 0. The van der Waals surface area contributed by atoms with Crippen LogP contribution in [0.3, 0.4) is 0 Å². The summed E-state index contributed by atoms with van der Waals surface area (Å²) in [4.78, 5) is 42.2. The number of carbonyl (C=O) groups is 2. The second-order valence-corrected chi connectivity index (χ2v) is 17.9. The molecule has 0 spiro atoms. The fraction of sp³-hybridized carbons (Fsp3) is 0.644. The molecule has 1 N–H and O–H groups in total. The predicted molar refractivity (Wildman–Crippen MR) is 209 cm³/mol. The van der Waals surface area contributed by atoms with Gasteiger partial charge < -0.3 is 14.5 Å². The Kier molecular flexibility index (Phi) is 10.7. The molecular formula is C45H59FN4O4. The molecule has 2 amide bonds. The molecule has 0 bridgehead atoms. The first-order valence-corrected chi connectivity index (χ1v) is 21.1. The van der Waals surface area contributed by atoms with Gasteiger partial charge in [-0.2, -0.15) is 5.10 Å². The maximum Gasteiger partial charge on any atom is 0.272 e. The number of nitrogens with zero attached hydrogens (tertiary/aromatic N) is 3. The molecule has 3 aromatic rings. The Bertz CT molecular complexity index is 1910. The van der Waals surface area contributed by atoms with Crippen LogP contribution < -0.4 is 5.56 Å². The Balaban J connectivity index is 0.762. The lowest BCUT2D eigenvalue weighted by molar-refractivity contribution is -0.133. The van der Waals surface area contributed by atoms with Crippen LogP contribution in [0.4, 0.5) is 4.39 Å². The van der Waals surface area contributed by atoms with Gasteiger partial charge in [-0.1, -0.05) is 57.4 Å². The number of carbonyl (C=O) groups excluding carboxylic acids is 2. The number of unbranched alkanes of at least 4 members (excludes halogenated alkanes) is 2. The lowest BCUT2D eigenvalue weighted by atomic mass is 9.45. The maximum absolute atomic E-state index is 15.0. The van der Waals surface area contributed by atoms with Crippen molar-refractivity contribution in [2.75, 3.05) is 32.8 Å². The van der Waals surface area contributed by atoms with Crippen LogP contribution in [-0.2, 0) is 16.0 Å². The van der Waals surface area contributed by atoms with Crippen molar-refractivity contribution in [3.05, 3.63) is 75.5 Å². The van der Waals surface area contributed by atoms with Crippen molar-refractivity contribution in [3.63, 3.8) is 0 Å². The van der Waals surface area contributed by atoms with Gasteiger partial charge in [-0.15, -0.1) is 0 Å². The quantitative estimate of drug-likeness (QED) is 0.211. The van der Waals surface area contributed by atoms with E-state index in [-0.39, 0.29) is 22.9 Å². The third-order valence-corrected chi connectivity index (χ3v) is 15.2. The van der Waals surface area contributed by atoms with Gasteiger partial charge in [0.15, 0.2) is 0 Å². The smallest absolute Gasteiger partial charge is 0.272 e. The topological polar surface area (TPSA) is 95.6 Å². The van der Waals surface area contributed by atoms with Gasteiger partial charge in [0.05, 0.1) is 22.7 Å². The lowest BCUT2D eigenvalue weighted by Gasteiger charge is -2.60. The first kappa shape index (κ1) is 37.3. The number of hydrogen-bond acceptors (Lipinski definition) is 5. The Hall–Kier alpha value is -3.59. The SMILES string of the molecule is C[C@]12CCCC[C@@H]1CC[C@@H]1[C@@H]2CC[C@]2(C)[C@@H](OCCCCCC(=O)N3CCN(C(=O)c4cc(Cc5n[nH]c(=O)c6ccccc56)ccc4F)CC3)CC[C@@H]12. The molecule has 8 nitrogen and oxygen atoms in total. The van der Waals surface area contributed by atoms with Gasteiger partial charge in [0.25, 0.3) is 11.5 Å². The number of ether oxygens (including phenoxy) is 1. The largest absolute Gasteiger partial charge is 0.378 e. The summed E-state index contributed by atoms with van der Waals surface area (Å²) < 4.78 is 21.6. The van der Waals surface area contributed by atoms with E-state index in [0.717, 1.165) is 60.5 Å². The Morgan fingerprint density at radius 3 is 2.46 bits per heavy atom. The van der Waals surface area contributed by atoms with Gasteiger partial charge in [-0.25, -0.2) is 9.49 Å². The van der Waals surface area contributed by atoms with Crippen LogP contribution in [0.2, 0.25) is 0 Å². The van der Waals surface area contributed by atoms with Crippen LogP contribution in [-0.4, -0.2) is 70.7 Å². The number of H-pyrrole nitrogens is 1. The number of piperazine rings is 1. The van der Waals surface area contributed by atoms with Crippen LogP contribution in [0, 0.1) is 40.3 Å². The molecule has 54 heavy (non-hydrogen) atoms. The van der Waals surface area contributed by atoms with Crippen molar-refractivity contribution in [2.24, 2.45) is 34.5 Å². The van der Waals surface area contributed by atoms with Gasteiger partial charge in [-0.05, 0) is 122 Å². The van der Waals surface area contributed by atoms with E-state index in [2.05, 4.69) is 24.0 Å². The highest BCUT2D eigenvalue weighted by Gasteiger charge is 2.60. The molecular weight excluding hydrogens is 680 g/mol. The maximum atomic E-state index is 15.0. The van der Waals surface area contributed by atoms with Crippen molar-refractivity contribution >= 4 is 22.6 Å². The average molecular weight is 739 g/mol. The van der Waals surface area contributed by atoms with E-state index in [4.69, 9.17) is 4.74 Å². The number of hydrogen-bond donors (Lipinski definition) is 1. The van der Waals surface area contributed by atoms with Crippen LogP contribution in [0.5, 0.6) is 0 Å². The third kappa shape index (κ3) is 7.03. The van der Waals surface area contributed by atoms with E-state index in [1.807, 2.05) is 17.0 Å². The highest BCUT2D eigenvalue weighted by Crippen LogP contribution is 2.66. The van der Waals surface area contributed by atoms with Crippen molar-refractivity contribution < 1.29 is 18.7 Å². The average Bonchev–Trinajstić information content (AvgIpc) is 3.53. The molecule has 4 saturated carbocycles. The minimum atomic E-state index is -0.573. The molecule has 2 heterocycles. The van der Waals surface area contributed by atoms with Crippen molar-refractivity contribution in [1.29, 1.82) is 0 Å². The lowest BCUT2D eigenvalue weighted by Crippen LogP contribution is -2.53. The summed E-state index contributed by atoms with van der Waals surface area (Å²) in [7, 11) is 0. The highest BCUT2D eigenvalue weighted by molar-refractivity contribution is 5.95. The van der Waals surface area contributed by atoms with E-state index in [9.17, 15) is 18.8 Å². The van der Waals surface area contributed by atoms with Gasteiger partial charge in [0, 0.05) is 51.0 Å². The molecule has 5 fully saturated rings. The van der Waals surface area contributed by atoms with Crippen molar-refractivity contribution in [3.8, 4) is 0 Å².